The lowest BCUT2D eigenvalue weighted by Crippen LogP contribution is -2.36. The Balaban J connectivity index is 1.80. The molecule has 0 atom stereocenters. The van der Waals surface area contributed by atoms with E-state index in [1.807, 2.05) is 24.3 Å². The van der Waals surface area contributed by atoms with Crippen LogP contribution in [0.25, 0.3) is 0 Å². The fraction of sp³-hybridized carbons (Fsp3) is 0.429. The average molecular weight is 364 g/mol. The van der Waals surface area contributed by atoms with Crippen molar-refractivity contribution in [3.63, 3.8) is 0 Å². The molecule has 1 fully saturated rings. The summed E-state index contributed by atoms with van der Waals surface area (Å²) in [6, 6.07) is 13.5. The number of benzene rings is 2. The predicted molar refractivity (Wildman–Crippen MR) is 99.1 cm³/mol. The summed E-state index contributed by atoms with van der Waals surface area (Å²) in [5, 5.41) is 0. The van der Waals surface area contributed by atoms with Crippen LogP contribution in [-0.2, 0) is 0 Å². The molecule has 0 radical (unpaired) electrons. The Hall–Kier alpha value is -1.45. The summed E-state index contributed by atoms with van der Waals surface area (Å²) < 4.78 is 26.7. The van der Waals surface area contributed by atoms with Crippen LogP contribution in [0.1, 0.15) is 36.3 Å². The zero-order valence-corrected chi connectivity index (χ0v) is 15.1. The van der Waals surface area contributed by atoms with Gasteiger partial charge in [0.1, 0.15) is 11.6 Å². The van der Waals surface area contributed by atoms with Gasteiger partial charge in [-0.2, -0.15) is 0 Å². The molecule has 0 saturated carbocycles. The SMILES string of the molecule is Fc1ccc(C(c2ccc(F)cc2)C2CCN(CCCCl)CC2)cc1. The first kappa shape index (κ1) is 18.3. The third-order valence-corrected chi connectivity index (χ3v) is 5.44. The number of alkyl halides is 1. The maximum Gasteiger partial charge on any atom is 0.123 e. The summed E-state index contributed by atoms with van der Waals surface area (Å²) in [7, 11) is 0. The first-order valence-electron chi connectivity index (χ1n) is 8.96. The van der Waals surface area contributed by atoms with Gasteiger partial charge in [-0.15, -0.1) is 11.6 Å². The van der Waals surface area contributed by atoms with Crippen LogP contribution in [0, 0.1) is 17.6 Å². The molecule has 0 aliphatic carbocycles. The fourth-order valence-corrected chi connectivity index (χ4v) is 3.99. The number of likely N-dealkylation sites (tertiary alicyclic amines) is 1. The largest absolute Gasteiger partial charge is 0.303 e. The molecule has 3 rings (SSSR count). The quantitative estimate of drug-likeness (QED) is 0.618. The van der Waals surface area contributed by atoms with E-state index in [4.69, 9.17) is 11.6 Å². The first-order chi connectivity index (χ1) is 12.2. The van der Waals surface area contributed by atoms with Gasteiger partial charge < -0.3 is 4.90 Å². The lowest BCUT2D eigenvalue weighted by Gasteiger charge is -2.36. The van der Waals surface area contributed by atoms with Gasteiger partial charge in [-0.3, -0.25) is 0 Å². The lowest BCUT2D eigenvalue weighted by molar-refractivity contribution is 0.175. The number of piperidine rings is 1. The molecule has 1 heterocycles. The molecule has 0 aromatic heterocycles. The fourth-order valence-electron chi connectivity index (χ4n) is 3.87. The zero-order chi connectivity index (χ0) is 17.6. The maximum atomic E-state index is 13.4. The highest BCUT2D eigenvalue weighted by atomic mass is 35.5. The van der Waals surface area contributed by atoms with Crippen LogP contribution in [0.2, 0.25) is 0 Å². The summed E-state index contributed by atoms with van der Waals surface area (Å²) in [5.74, 6) is 0.905. The van der Waals surface area contributed by atoms with E-state index in [1.165, 1.54) is 24.3 Å². The smallest absolute Gasteiger partial charge is 0.123 e. The molecule has 1 aliphatic rings. The third-order valence-electron chi connectivity index (χ3n) is 5.17. The number of hydrogen-bond acceptors (Lipinski definition) is 1. The standard InChI is InChI=1S/C21H24ClF2N/c22-12-1-13-25-14-10-18(11-15-25)21(16-2-6-19(23)7-3-16)17-4-8-20(24)9-5-17/h2-9,18,21H,1,10-15H2. The van der Waals surface area contributed by atoms with Crippen molar-refractivity contribution in [2.24, 2.45) is 5.92 Å². The van der Waals surface area contributed by atoms with Crippen molar-refractivity contribution >= 4 is 11.6 Å². The number of nitrogens with zero attached hydrogens (tertiary/aromatic N) is 1. The van der Waals surface area contributed by atoms with Crippen LogP contribution in [0.5, 0.6) is 0 Å². The highest BCUT2D eigenvalue weighted by Crippen LogP contribution is 2.38. The van der Waals surface area contributed by atoms with Crippen LogP contribution < -0.4 is 0 Å². The molecule has 0 unspecified atom stereocenters. The van der Waals surface area contributed by atoms with Gasteiger partial charge in [-0.1, -0.05) is 24.3 Å². The van der Waals surface area contributed by atoms with Crippen LogP contribution >= 0.6 is 11.6 Å². The Labute approximate surface area is 153 Å². The Bertz CT molecular complexity index is 603. The Morgan fingerprint density at radius 1 is 0.880 bits per heavy atom. The van der Waals surface area contributed by atoms with Crippen LogP contribution in [-0.4, -0.2) is 30.4 Å². The molecule has 25 heavy (non-hydrogen) atoms. The Kier molecular flexibility index (Phi) is 6.44. The lowest BCUT2D eigenvalue weighted by atomic mass is 9.76. The summed E-state index contributed by atoms with van der Waals surface area (Å²) in [5.41, 5.74) is 2.21. The van der Waals surface area contributed by atoms with Crippen molar-refractivity contribution in [1.82, 2.24) is 4.90 Å². The van der Waals surface area contributed by atoms with E-state index in [-0.39, 0.29) is 17.6 Å². The van der Waals surface area contributed by atoms with Crippen molar-refractivity contribution in [3.05, 3.63) is 71.3 Å². The van der Waals surface area contributed by atoms with E-state index >= 15 is 0 Å². The highest BCUT2D eigenvalue weighted by Gasteiger charge is 2.28. The molecule has 134 valence electrons. The van der Waals surface area contributed by atoms with Gasteiger partial charge in [0.15, 0.2) is 0 Å². The van der Waals surface area contributed by atoms with E-state index in [0.29, 0.717) is 11.8 Å². The van der Waals surface area contributed by atoms with Gasteiger partial charge in [-0.05, 0) is 80.2 Å². The van der Waals surface area contributed by atoms with Crippen molar-refractivity contribution < 1.29 is 8.78 Å². The molecule has 0 spiro atoms. The minimum atomic E-state index is -0.225. The van der Waals surface area contributed by atoms with Crippen molar-refractivity contribution in [3.8, 4) is 0 Å². The first-order valence-corrected chi connectivity index (χ1v) is 9.50. The van der Waals surface area contributed by atoms with Gasteiger partial charge >= 0.3 is 0 Å². The van der Waals surface area contributed by atoms with E-state index in [1.54, 1.807) is 0 Å². The summed E-state index contributed by atoms with van der Waals surface area (Å²) in [6.45, 7) is 3.16. The molecule has 0 amide bonds. The number of rotatable bonds is 6. The molecule has 1 saturated heterocycles. The van der Waals surface area contributed by atoms with E-state index < -0.39 is 0 Å². The molecule has 1 aliphatic heterocycles. The molecular formula is C21H24ClF2N. The topological polar surface area (TPSA) is 3.24 Å². The molecule has 0 bridgehead atoms. The molecule has 2 aromatic rings. The van der Waals surface area contributed by atoms with Gasteiger partial charge in [0.25, 0.3) is 0 Å². The average Bonchev–Trinajstić information content (AvgIpc) is 2.64. The van der Waals surface area contributed by atoms with Crippen molar-refractivity contribution in [2.75, 3.05) is 25.5 Å². The molecular weight excluding hydrogens is 340 g/mol. The Morgan fingerprint density at radius 3 is 1.80 bits per heavy atom. The van der Waals surface area contributed by atoms with E-state index in [9.17, 15) is 8.78 Å². The molecule has 0 N–H and O–H groups in total. The maximum absolute atomic E-state index is 13.4. The summed E-state index contributed by atoms with van der Waals surface area (Å²) in [4.78, 5) is 2.46. The summed E-state index contributed by atoms with van der Waals surface area (Å²) in [6.07, 6.45) is 3.19. The molecule has 2 aromatic carbocycles. The zero-order valence-electron chi connectivity index (χ0n) is 14.3. The number of halogens is 3. The minimum absolute atomic E-state index is 0.177. The monoisotopic (exact) mass is 363 g/mol. The molecule has 1 nitrogen and oxygen atoms in total. The second kappa shape index (κ2) is 8.77. The summed E-state index contributed by atoms with van der Waals surface area (Å²) >= 11 is 5.80. The highest BCUT2D eigenvalue weighted by molar-refractivity contribution is 6.17. The molecule has 4 heteroatoms. The Morgan fingerprint density at radius 2 is 1.36 bits per heavy atom. The van der Waals surface area contributed by atoms with Crippen LogP contribution in [0.3, 0.4) is 0 Å². The van der Waals surface area contributed by atoms with E-state index in [0.717, 1.165) is 50.0 Å². The third kappa shape index (κ3) is 4.80. The van der Waals surface area contributed by atoms with Gasteiger partial charge in [0.2, 0.25) is 0 Å². The normalized spacial score (nSPS) is 16.5. The van der Waals surface area contributed by atoms with Gasteiger partial charge in [-0.25, -0.2) is 8.78 Å². The van der Waals surface area contributed by atoms with Crippen molar-refractivity contribution in [1.29, 1.82) is 0 Å². The second-order valence-electron chi connectivity index (χ2n) is 6.80. The van der Waals surface area contributed by atoms with Gasteiger partial charge in [0, 0.05) is 11.8 Å². The van der Waals surface area contributed by atoms with Crippen LogP contribution in [0.15, 0.2) is 48.5 Å². The van der Waals surface area contributed by atoms with E-state index in [2.05, 4.69) is 4.90 Å². The van der Waals surface area contributed by atoms with Gasteiger partial charge in [0.05, 0.1) is 0 Å². The predicted octanol–water partition coefficient (Wildman–Crippen LogP) is 5.44. The van der Waals surface area contributed by atoms with Crippen LogP contribution in [0.4, 0.5) is 8.78 Å². The second-order valence-corrected chi connectivity index (χ2v) is 7.18. The number of hydrogen-bond donors (Lipinski definition) is 0. The van der Waals surface area contributed by atoms with Crippen molar-refractivity contribution in [2.45, 2.75) is 25.2 Å². The minimum Gasteiger partial charge on any atom is -0.303 e.